The van der Waals surface area contributed by atoms with Gasteiger partial charge < -0.3 is 4.74 Å². The lowest BCUT2D eigenvalue weighted by Crippen LogP contribution is -2.20. The van der Waals surface area contributed by atoms with Gasteiger partial charge in [0.25, 0.3) is 0 Å². The van der Waals surface area contributed by atoms with Crippen LogP contribution in [0.5, 0.6) is 0 Å². The van der Waals surface area contributed by atoms with E-state index in [1.807, 2.05) is 13.8 Å². The summed E-state index contributed by atoms with van der Waals surface area (Å²) in [5, 5.41) is 0. The van der Waals surface area contributed by atoms with Crippen LogP contribution >= 0.6 is 0 Å². The largest absolute Gasteiger partial charge is 0.369 e. The Morgan fingerprint density at radius 1 is 1.09 bits per heavy atom. The third-order valence-corrected chi connectivity index (χ3v) is 2.37. The Balaban J connectivity index is 2.17. The fourth-order valence-electron chi connectivity index (χ4n) is 1.68. The van der Waals surface area contributed by atoms with Crippen molar-refractivity contribution in [2.24, 2.45) is 5.92 Å². The fourth-order valence-corrected chi connectivity index (χ4v) is 1.68. The van der Waals surface area contributed by atoms with Gasteiger partial charge in [-0.3, -0.25) is 0 Å². The highest BCUT2D eigenvalue weighted by atomic mass is 16.5. The van der Waals surface area contributed by atoms with E-state index >= 15 is 0 Å². The summed E-state index contributed by atoms with van der Waals surface area (Å²) < 4.78 is 5.66. The molecule has 1 rings (SSSR count). The molecule has 0 aromatic rings. The Morgan fingerprint density at radius 2 is 1.64 bits per heavy atom. The van der Waals surface area contributed by atoms with E-state index in [1.54, 1.807) is 0 Å². The van der Waals surface area contributed by atoms with Gasteiger partial charge in [0.05, 0.1) is 12.2 Å². The normalized spacial score (nSPS) is 32.7. The van der Waals surface area contributed by atoms with Gasteiger partial charge in [0.15, 0.2) is 0 Å². The monoisotopic (exact) mass is 155 g/mol. The van der Waals surface area contributed by atoms with Gasteiger partial charge in [-0.25, -0.2) is 0 Å². The zero-order valence-corrected chi connectivity index (χ0v) is 7.89. The van der Waals surface area contributed by atoms with Crippen LogP contribution in [-0.2, 0) is 4.74 Å². The maximum absolute atomic E-state index is 5.66. The van der Waals surface area contributed by atoms with Crippen LogP contribution in [0, 0.1) is 12.0 Å². The Labute approximate surface area is 70.1 Å². The molecular formula is C10H19O. The van der Waals surface area contributed by atoms with Crippen molar-refractivity contribution in [2.45, 2.75) is 52.6 Å². The van der Waals surface area contributed by atoms with E-state index < -0.39 is 0 Å². The molecule has 1 nitrogen and oxygen atoms in total. The van der Waals surface area contributed by atoms with Gasteiger partial charge in [-0.15, -0.1) is 0 Å². The topological polar surface area (TPSA) is 9.23 Å². The summed E-state index contributed by atoms with van der Waals surface area (Å²) in [5.41, 5.74) is 0. The van der Waals surface area contributed by atoms with Crippen molar-refractivity contribution in [1.82, 2.24) is 0 Å². The van der Waals surface area contributed by atoms with Crippen LogP contribution in [0.4, 0.5) is 0 Å². The second-order valence-corrected chi connectivity index (χ2v) is 3.91. The van der Waals surface area contributed by atoms with E-state index in [2.05, 4.69) is 6.92 Å². The standard InChI is InChI=1S/C10H19O/c1-8(2)11-10-6-4-9(3)5-7-10/h9-10H,4-7H2,1-3H3. The second-order valence-electron chi connectivity index (χ2n) is 3.91. The first-order valence-corrected chi connectivity index (χ1v) is 4.65. The van der Waals surface area contributed by atoms with Gasteiger partial charge in [0, 0.05) is 0 Å². The first kappa shape index (κ1) is 9.05. The van der Waals surface area contributed by atoms with Gasteiger partial charge >= 0.3 is 0 Å². The van der Waals surface area contributed by atoms with Gasteiger partial charge in [0.2, 0.25) is 0 Å². The predicted octanol–water partition coefficient (Wildman–Crippen LogP) is 3.15. The van der Waals surface area contributed by atoms with E-state index in [4.69, 9.17) is 4.74 Å². The van der Waals surface area contributed by atoms with Crippen LogP contribution in [0.15, 0.2) is 0 Å². The average Bonchev–Trinajstić information content (AvgIpc) is 1.93. The summed E-state index contributed by atoms with van der Waals surface area (Å²) in [7, 11) is 0. The van der Waals surface area contributed by atoms with E-state index in [0.29, 0.717) is 6.10 Å². The molecule has 0 unspecified atom stereocenters. The van der Waals surface area contributed by atoms with Crippen molar-refractivity contribution in [3.8, 4) is 0 Å². The van der Waals surface area contributed by atoms with Crippen LogP contribution in [-0.4, -0.2) is 6.10 Å². The third-order valence-electron chi connectivity index (χ3n) is 2.37. The third kappa shape index (κ3) is 3.24. The SMILES string of the molecule is C[C](C)OC1CCC(C)CC1. The molecule has 11 heavy (non-hydrogen) atoms. The van der Waals surface area contributed by atoms with E-state index in [-0.39, 0.29) is 0 Å². The highest BCUT2D eigenvalue weighted by molar-refractivity contribution is 4.74. The molecule has 0 aromatic heterocycles. The number of hydrogen-bond acceptors (Lipinski definition) is 1. The van der Waals surface area contributed by atoms with Crippen LogP contribution in [0.25, 0.3) is 0 Å². The summed E-state index contributed by atoms with van der Waals surface area (Å²) in [5.74, 6) is 0.923. The molecule has 65 valence electrons. The molecule has 0 aliphatic heterocycles. The molecule has 0 spiro atoms. The summed E-state index contributed by atoms with van der Waals surface area (Å²) >= 11 is 0. The van der Waals surface area contributed by atoms with Gasteiger partial charge in [-0.05, 0) is 45.4 Å². The Bertz CT molecular complexity index is 101. The molecular weight excluding hydrogens is 136 g/mol. The molecule has 0 bridgehead atoms. The van der Waals surface area contributed by atoms with Crippen molar-refractivity contribution < 1.29 is 4.74 Å². The molecule has 0 aromatic carbocycles. The Morgan fingerprint density at radius 3 is 2.09 bits per heavy atom. The smallest absolute Gasteiger partial charge is 0.0913 e. The first-order valence-electron chi connectivity index (χ1n) is 4.65. The minimum absolute atomic E-state index is 0.524. The van der Waals surface area contributed by atoms with Crippen LogP contribution in [0.2, 0.25) is 0 Å². The van der Waals surface area contributed by atoms with Crippen molar-refractivity contribution in [3.63, 3.8) is 0 Å². The fraction of sp³-hybridized carbons (Fsp3) is 0.900. The molecule has 0 heterocycles. The van der Waals surface area contributed by atoms with Crippen LogP contribution < -0.4 is 0 Å². The molecule has 1 fully saturated rings. The van der Waals surface area contributed by atoms with Crippen molar-refractivity contribution in [3.05, 3.63) is 6.10 Å². The van der Waals surface area contributed by atoms with Crippen molar-refractivity contribution in [1.29, 1.82) is 0 Å². The lowest BCUT2D eigenvalue weighted by Gasteiger charge is -2.27. The van der Waals surface area contributed by atoms with E-state index in [9.17, 15) is 0 Å². The molecule has 1 radical (unpaired) electrons. The summed E-state index contributed by atoms with van der Waals surface area (Å²) in [6, 6.07) is 0. The second kappa shape index (κ2) is 4.10. The minimum atomic E-state index is 0.524. The Kier molecular flexibility index (Phi) is 3.38. The highest BCUT2D eigenvalue weighted by Crippen LogP contribution is 2.26. The molecule has 1 aliphatic rings. The van der Waals surface area contributed by atoms with Gasteiger partial charge in [-0.2, -0.15) is 0 Å². The lowest BCUT2D eigenvalue weighted by molar-refractivity contribution is 0.0353. The van der Waals surface area contributed by atoms with Crippen LogP contribution in [0.3, 0.4) is 0 Å². The van der Waals surface area contributed by atoms with Gasteiger partial charge in [0.1, 0.15) is 0 Å². The molecule has 0 atom stereocenters. The summed E-state index contributed by atoms with van der Waals surface area (Å²) in [4.78, 5) is 0. The minimum Gasteiger partial charge on any atom is -0.369 e. The zero-order chi connectivity index (χ0) is 8.27. The molecule has 0 N–H and O–H groups in total. The van der Waals surface area contributed by atoms with E-state index in [0.717, 1.165) is 12.0 Å². The highest BCUT2D eigenvalue weighted by Gasteiger charge is 2.19. The van der Waals surface area contributed by atoms with Gasteiger partial charge in [-0.1, -0.05) is 6.92 Å². The quantitative estimate of drug-likeness (QED) is 0.595. The molecule has 1 heteroatoms. The molecule has 1 aliphatic carbocycles. The number of ether oxygens (including phenoxy) is 1. The Hall–Kier alpha value is -0.0400. The predicted molar refractivity (Wildman–Crippen MR) is 47.1 cm³/mol. The average molecular weight is 155 g/mol. The maximum Gasteiger partial charge on any atom is 0.0913 e. The first-order chi connectivity index (χ1) is 5.18. The summed E-state index contributed by atoms with van der Waals surface area (Å²) in [6.45, 7) is 6.41. The number of rotatable bonds is 2. The zero-order valence-electron chi connectivity index (χ0n) is 7.89. The maximum atomic E-state index is 5.66. The van der Waals surface area contributed by atoms with Crippen LogP contribution in [0.1, 0.15) is 46.5 Å². The van der Waals surface area contributed by atoms with E-state index in [1.165, 1.54) is 25.7 Å². The van der Waals surface area contributed by atoms with Crippen molar-refractivity contribution >= 4 is 0 Å². The lowest BCUT2D eigenvalue weighted by atomic mass is 9.89. The molecule has 1 saturated carbocycles. The number of hydrogen-bond donors (Lipinski definition) is 0. The molecule has 0 saturated heterocycles. The summed E-state index contributed by atoms with van der Waals surface area (Å²) in [6.07, 6.45) is 6.84. The van der Waals surface area contributed by atoms with Crippen molar-refractivity contribution in [2.75, 3.05) is 0 Å². The molecule has 0 amide bonds.